The van der Waals surface area contributed by atoms with Gasteiger partial charge in [0.1, 0.15) is 0 Å². The van der Waals surface area contributed by atoms with Crippen molar-refractivity contribution in [3.63, 3.8) is 0 Å². The van der Waals surface area contributed by atoms with Crippen LogP contribution in [0.5, 0.6) is 0 Å². The summed E-state index contributed by atoms with van der Waals surface area (Å²) in [6.45, 7) is 5.65. The van der Waals surface area contributed by atoms with Gasteiger partial charge in [-0.3, -0.25) is 9.59 Å². The summed E-state index contributed by atoms with van der Waals surface area (Å²) in [5.41, 5.74) is 0. The largest absolute Gasteiger partial charge is 0.469 e. The second-order valence-corrected chi connectivity index (χ2v) is 6.54. The number of likely N-dealkylation sites (tertiary alicyclic amines) is 1. The fraction of sp³-hybridized carbons (Fsp3) is 0.846. The minimum absolute atomic E-state index is 0.0808. The summed E-state index contributed by atoms with van der Waals surface area (Å²) in [7, 11) is 1.39. The summed E-state index contributed by atoms with van der Waals surface area (Å²) in [5.74, 6) is -0.0102. The van der Waals surface area contributed by atoms with Gasteiger partial charge in [0.15, 0.2) is 0 Å². The van der Waals surface area contributed by atoms with Gasteiger partial charge in [0.2, 0.25) is 5.91 Å². The number of amides is 1. The molecule has 2 unspecified atom stereocenters. The molecule has 0 bridgehead atoms. The Morgan fingerprint density at radius 3 is 2.39 bits per heavy atom. The molecule has 4 nitrogen and oxygen atoms in total. The monoisotopic (exact) mass is 273 g/mol. The van der Waals surface area contributed by atoms with E-state index in [1.807, 2.05) is 18.7 Å². The van der Waals surface area contributed by atoms with Crippen LogP contribution in [0.3, 0.4) is 0 Å². The number of piperidine rings is 1. The highest BCUT2D eigenvalue weighted by Crippen LogP contribution is 2.23. The predicted octanol–water partition coefficient (Wildman–Crippen LogP) is 2.07. The molecule has 0 aliphatic carbocycles. The van der Waals surface area contributed by atoms with Crippen LogP contribution in [0.25, 0.3) is 0 Å². The minimum atomic E-state index is -0.215. The highest BCUT2D eigenvalue weighted by Gasteiger charge is 2.24. The number of carbonyl (C=O) groups excluding carboxylic acids is 2. The maximum absolute atomic E-state index is 12.2. The molecule has 0 N–H and O–H groups in total. The van der Waals surface area contributed by atoms with Crippen LogP contribution in [0.2, 0.25) is 0 Å². The van der Waals surface area contributed by atoms with Crippen LogP contribution in [0, 0.1) is 0 Å². The highest BCUT2D eigenvalue weighted by atomic mass is 32.2. The lowest BCUT2D eigenvalue weighted by Gasteiger charge is -2.29. The van der Waals surface area contributed by atoms with Crippen molar-refractivity contribution in [2.75, 3.05) is 20.2 Å². The second-order valence-electron chi connectivity index (χ2n) is 4.76. The maximum atomic E-state index is 12.2. The van der Waals surface area contributed by atoms with Crippen molar-refractivity contribution < 1.29 is 14.3 Å². The first kappa shape index (κ1) is 15.3. The molecule has 1 aliphatic heterocycles. The van der Waals surface area contributed by atoms with E-state index in [9.17, 15) is 9.59 Å². The van der Waals surface area contributed by atoms with Gasteiger partial charge in [-0.1, -0.05) is 6.92 Å². The predicted molar refractivity (Wildman–Crippen MR) is 73.6 cm³/mol. The Balaban J connectivity index is 2.36. The molecule has 1 fully saturated rings. The zero-order valence-electron chi connectivity index (χ0n) is 11.5. The van der Waals surface area contributed by atoms with Gasteiger partial charge in [-0.2, -0.15) is 0 Å². The molecule has 0 radical (unpaired) electrons. The van der Waals surface area contributed by atoms with Crippen LogP contribution in [0.1, 0.15) is 39.5 Å². The Morgan fingerprint density at radius 1 is 1.22 bits per heavy atom. The molecule has 0 spiro atoms. The first-order valence-corrected chi connectivity index (χ1v) is 7.50. The van der Waals surface area contributed by atoms with E-state index in [1.54, 1.807) is 11.8 Å². The summed E-state index contributed by atoms with van der Waals surface area (Å²) in [5, 5.41) is 0.0314. The number of carbonyl (C=O) groups is 2. The molecule has 104 valence electrons. The van der Waals surface area contributed by atoms with Crippen molar-refractivity contribution in [3.8, 4) is 0 Å². The number of hydrogen-bond donors (Lipinski definition) is 0. The fourth-order valence-corrected chi connectivity index (χ4v) is 3.34. The average molecular weight is 273 g/mol. The number of esters is 1. The smallest absolute Gasteiger partial charge is 0.306 e. The normalized spacial score (nSPS) is 19.2. The van der Waals surface area contributed by atoms with Crippen molar-refractivity contribution in [2.45, 2.75) is 50.0 Å². The van der Waals surface area contributed by atoms with Crippen LogP contribution < -0.4 is 0 Å². The van der Waals surface area contributed by atoms with E-state index in [4.69, 9.17) is 0 Å². The number of ether oxygens (including phenoxy) is 1. The molecule has 1 heterocycles. The fourth-order valence-electron chi connectivity index (χ4n) is 2.14. The second kappa shape index (κ2) is 7.67. The molecule has 0 saturated carbocycles. The van der Waals surface area contributed by atoms with Crippen LogP contribution in [0.15, 0.2) is 0 Å². The van der Waals surface area contributed by atoms with E-state index >= 15 is 0 Å². The number of nitrogens with zero attached hydrogens (tertiary/aromatic N) is 1. The Bertz CT molecular complexity index is 290. The SMILES string of the molecule is COC(=O)CC(C)SC(C)C(=O)N1CCCCC1. The number of methoxy groups -OCH3 is 1. The molecule has 18 heavy (non-hydrogen) atoms. The van der Waals surface area contributed by atoms with Gasteiger partial charge < -0.3 is 9.64 Å². The maximum Gasteiger partial charge on any atom is 0.306 e. The van der Waals surface area contributed by atoms with Crippen LogP contribution in [-0.2, 0) is 14.3 Å². The van der Waals surface area contributed by atoms with Crippen molar-refractivity contribution in [3.05, 3.63) is 0 Å². The van der Waals surface area contributed by atoms with E-state index < -0.39 is 0 Å². The lowest BCUT2D eigenvalue weighted by atomic mass is 10.1. The van der Waals surface area contributed by atoms with Gasteiger partial charge in [-0.25, -0.2) is 0 Å². The summed E-state index contributed by atoms with van der Waals surface area (Å²) in [6.07, 6.45) is 3.81. The minimum Gasteiger partial charge on any atom is -0.469 e. The van der Waals surface area contributed by atoms with E-state index in [1.165, 1.54) is 13.5 Å². The summed E-state index contributed by atoms with van der Waals surface area (Å²) in [4.78, 5) is 25.3. The Kier molecular flexibility index (Phi) is 6.54. The topological polar surface area (TPSA) is 46.6 Å². The molecule has 5 heteroatoms. The van der Waals surface area contributed by atoms with Gasteiger partial charge in [0.05, 0.1) is 18.8 Å². The molecule has 1 amide bonds. The summed E-state index contributed by atoms with van der Waals surface area (Å²) >= 11 is 1.55. The molecule has 1 aliphatic rings. The van der Waals surface area contributed by atoms with Crippen LogP contribution in [0.4, 0.5) is 0 Å². The van der Waals surface area contributed by atoms with E-state index in [0.29, 0.717) is 6.42 Å². The van der Waals surface area contributed by atoms with Crippen LogP contribution in [-0.4, -0.2) is 47.5 Å². The molecule has 2 atom stereocenters. The van der Waals surface area contributed by atoms with Crippen molar-refractivity contribution in [1.29, 1.82) is 0 Å². The van der Waals surface area contributed by atoms with E-state index in [0.717, 1.165) is 25.9 Å². The number of hydrogen-bond acceptors (Lipinski definition) is 4. The van der Waals surface area contributed by atoms with Gasteiger partial charge in [0.25, 0.3) is 0 Å². The number of thioether (sulfide) groups is 1. The summed E-state index contributed by atoms with van der Waals surface area (Å²) in [6, 6.07) is 0. The van der Waals surface area contributed by atoms with Gasteiger partial charge in [-0.15, -0.1) is 11.8 Å². The van der Waals surface area contributed by atoms with Crippen molar-refractivity contribution in [1.82, 2.24) is 4.90 Å². The van der Waals surface area contributed by atoms with E-state index in [-0.39, 0.29) is 22.4 Å². The zero-order valence-corrected chi connectivity index (χ0v) is 12.3. The van der Waals surface area contributed by atoms with Gasteiger partial charge >= 0.3 is 5.97 Å². The molecular formula is C13H23NO3S. The van der Waals surface area contributed by atoms with Gasteiger partial charge in [-0.05, 0) is 26.2 Å². The summed E-state index contributed by atoms with van der Waals surface area (Å²) < 4.78 is 4.63. The molecule has 0 aromatic carbocycles. The standard InChI is InChI=1S/C13H23NO3S/c1-10(9-12(15)17-3)18-11(2)13(16)14-7-5-4-6-8-14/h10-11H,4-9H2,1-3H3. The lowest BCUT2D eigenvalue weighted by Crippen LogP contribution is -2.40. The molecular weight excluding hydrogens is 250 g/mol. The molecule has 0 aromatic rings. The van der Waals surface area contributed by atoms with Crippen LogP contribution >= 0.6 is 11.8 Å². The van der Waals surface area contributed by atoms with Crippen molar-refractivity contribution >= 4 is 23.6 Å². The first-order valence-electron chi connectivity index (χ1n) is 6.55. The average Bonchev–Trinajstić information content (AvgIpc) is 2.38. The third-order valence-corrected chi connectivity index (χ3v) is 4.37. The quantitative estimate of drug-likeness (QED) is 0.719. The Morgan fingerprint density at radius 2 is 1.83 bits per heavy atom. The Labute approximate surface area is 113 Å². The third-order valence-electron chi connectivity index (χ3n) is 3.13. The third kappa shape index (κ3) is 4.88. The molecule has 1 saturated heterocycles. The molecule has 0 aromatic heterocycles. The van der Waals surface area contributed by atoms with Gasteiger partial charge in [0, 0.05) is 18.3 Å². The zero-order chi connectivity index (χ0) is 13.5. The van der Waals surface area contributed by atoms with E-state index in [2.05, 4.69) is 4.74 Å². The number of rotatable bonds is 5. The first-order chi connectivity index (χ1) is 8.54. The molecule has 1 rings (SSSR count). The highest BCUT2D eigenvalue weighted by molar-refractivity contribution is 8.01. The van der Waals surface area contributed by atoms with Crippen molar-refractivity contribution in [2.24, 2.45) is 0 Å². The Hall–Kier alpha value is -0.710. The lowest BCUT2D eigenvalue weighted by molar-refractivity contribution is -0.140.